The number of aromatic nitrogens is 2. The number of imidazole rings is 1. The summed E-state index contributed by atoms with van der Waals surface area (Å²) in [6, 6.07) is 7.28. The monoisotopic (exact) mass is 369 g/mol. The van der Waals surface area contributed by atoms with Crippen LogP contribution in [0.15, 0.2) is 34.9 Å². The van der Waals surface area contributed by atoms with Crippen LogP contribution < -0.4 is 5.73 Å². The largest absolute Gasteiger partial charge is 0.383 e. The van der Waals surface area contributed by atoms with E-state index in [1.165, 1.54) is 0 Å². The maximum absolute atomic E-state index is 6.24. The van der Waals surface area contributed by atoms with Gasteiger partial charge in [0.25, 0.3) is 0 Å². The first kappa shape index (κ1) is 13.7. The third-order valence-corrected chi connectivity index (χ3v) is 4.08. The highest BCUT2D eigenvalue weighted by Crippen LogP contribution is 2.34. The molecule has 0 aliphatic heterocycles. The summed E-state index contributed by atoms with van der Waals surface area (Å²) in [6.45, 7) is 1.99. The first-order valence-corrected chi connectivity index (χ1v) is 7.41. The fraction of sp³-hybridized carbons (Fsp3) is 0.0714. The number of benzene rings is 1. The molecule has 2 N–H and O–H groups in total. The van der Waals surface area contributed by atoms with Crippen LogP contribution in [0.5, 0.6) is 0 Å². The van der Waals surface area contributed by atoms with Gasteiger partial charge in [0.1, 0.15) is 17.2 Å². The SMILES string of the molecule is Cc1cc(Br)cn2c(N)c(-c3ccc(Cl)cc3Cl)nc12. The molecule has 0 unspecified atom stereocenters. The summed E-state index contributed by atoms with van der Waals surface area (Å²) in [4.78, 5) is 4.60. The van der Waals surface area contributed by atoms with Crippen LogP contribution in [-0.2, 0) is 0 Å². The maximum Gasteiger partial charge on any atom is 0.142 e. The van der Waals surface area contributed by atoms with Crippen molar-refractivity contribution >= 4 is 50.6 Å². The van der Waals surface area contributed by atoms with E-state index in [1.54, 1.807) is 12.1 Å². The van der Waals surface area contributed by atoms with Crippen molar-refractivity contribution in [1.82, 2.24) is 9.38 Å². The topological polar surface area (TPSA) is 43.3 Å². The molecule has 0 atom stereocenters. The molecule has 0 saturated heterocycles. The van der Waals surface area contributed by atoms with E-state index in [4.69, 9.17) is 28.9 Å². The number of aryl methyl sites for hydroxylation is 1. The Hall–Kier alpha value is -1.23. The van der Waals surface area contributed by atoms with Crippen molar-refractivity contribution < 1.29 is 0 Å². The number of pyridine rings is 1. The first-order chi connectivity index (χ1) is 9.47. The highest BCUT2D eigenvalue weighted by atomic mass is 79.9. The van der Waals surface area contributed by atoms with Crippen molar-refractivity contribution in [3.8, 4) is 11.3 Å². The third-order valence-electron chi connectivity index (χ3n) is 3.09. The molecular formula is C14H10BrCl2N3. The molecule has 0 aliphatic carbocycles. The molecule has 3 nitrogen and oxygen atoms in total. The second-order valence-electron chi connectivity index (χ2n) is 4.50. The van der Waals surface area contributed by atoms with E-state index in [1.807, 2.05) is 29.7 Å². The van der Waals surface area contributed by atoms with Crippen molar-refractivity contribution in [3.05, 3.63) is 50.5 Å². The number of fused-ring (bicyclic) bond motifs is 1. The molecule has 2 aromatic heterocycles. The predicted molar refractivity (Wildman–Crippen MR) is 87.5 cm³/mol. The van der Waals surface area contributed by atoms with E-state index in [0.29, 0.717) is 21.6 Å². The summed E-state index contributed by atoms with van der Waals surface area (Å²) in [5, 5.41) is 1.12. The number of nitrogens with two attached hydrogens (primary N) is 1. The fourth-order valence-electron chi connectivity index (χ4n) is 2.17. The maximum atomic E-state index is 6.24. The van der Waals surface area contributed by atoms with Gasteiger partial charge in [-0.25, -0.2) is 4.98 Å². The Morgan fingerprint density at radius 3 is 2.70 bits per heavy atom. The van der Waals surface area contributed by atoms with Crippen molar-refractivity contribution in [3.63, 3.8) is 0 Å². The Balaban J connectivity index is 2.32. The van der Waals surface area contributed by atoms with Crippen molar-refractivity contribution in [2.75, 3.05) is 5.73 Å². The number of nitrogen functional groups attached to an aromatic ring is 1. The predicted octanol–water partition coefficient (Wildman–Crippen LogP) is 4.96. The first-order valence-electron chi connectivity index (χ1n) is 5.86. The number of hydrogen-bond acceptors (Lipinski definition) is 2. The van der Waals surface area contributed by atoms with Crippen LogP contribution in [0.4, 0.5) is 5.82 Å². The molecule has 0 saturated carbocycles. The van der Waals surface area contributed by atoms with Crippen LogP contribution in [0.1, 0.15) is 5.56 Å². The van der Waals surface area contributed by atoms with Gasteiger partial charge >= 0.3 is 0 Å². The lowest BCUT2D eigenvalue weighted by molar-refractivity contribution is 1.16. The van der Waals surface area contributed by atoms with Gasteiger partial charge in [0.05, 0.1) is 5.02 Å². The molecule has 2 heterocycles. The van der Waals surface area contributed by atoms with E-state index >= 15 is 0 Å². The van der Waals surface area contributed by atoms with Gasteiger partial charge in [-0.15, -0.1) is 0 Å². The molecule has 1 aromatic carbocycles. The average Bonchev–Trinajstić information content (AvgIpc) is 2.68. The van der Waals surface area contributed by atoms with Crippen molar-refractivity contribution in [2.45, 2.75) is 6.92 Å². The summed E-state index contributed by atoms with van der Waals surface area (Å²) >= 11 is 15.6. The average molecular weight is 371 g/mol. The van der Waals surface area contributed by atoms with Gasteiger partial charge in [0.15, 0.2) is 0 Å². The van der Waals surface area contributed by atoms with E-state index in [9.17, 15) is 0 Å². The van der Waals surface area contributed by atoms with Crippen LogP contribution in [0.3, 0.4) is 0 Å². The summed E-state index contributed by atoms with van der Waals surface area (Å²) in [5.74, 6) is 0.550. The zero-order chi connectivity index (χ0) is 14.4. The standard InChI is InChI=1S/C14H10BrCl2N3/c1-7-4-8(15)6-20-13(18)12(19-14(7)20)10-3-2-9(16)5-11(10)17/h2-6H,18H2,1H3. The lowest BCUT2D eigenvalue weighted by Gasteiger charge is -2.03. The molecular weight excluding hydrogens is 361 g/mol. The van der Waals surface area contributed by atoms with E-state index in [-0.39, 0.29) is 0 Å². The molecule has 0 radical (unpaired) electrons. The summed E-state index contributed by atoms with van der Waals surface area (Å²) < 4.78 is 2.79. The lowest BCUT2D eigenvalue weighted by atomic mass is 10.1. The van der Waals surface area contributed by atoms with Crippen molar-refractivity contribution in [2.24, 2.45) is 0 Å². The van der Waals surface area contributed by atoms with Crippen LogP contribution in [0, 0.1) is 6.92 Å². The Morgan fingerprint density at radius 2 is 2.00 bits per heavy atom. The van der Waals surface area contributed by atoms with Gasteiger partial charge in [-0.1, -0.05) is 23.2 Å². The number of nitrogens with zero attached hydrogens (tertiary/aromatic N) is 2. The second-order valence-corrected chi connectivity index (χ2v) is 6.26. The zero-order valence-electron chi connectivity index (χ0n) is 10.5. The summed E-state index contributed by atoms with van der Waals surface area (Å²) in [6.07, 6.45) is 1.89. The summed E-state index contributed by atoms with van der Waals surface area (Å²) in [7, 11) is 0. The molecule has 3 aromatic rings. The van der Waals surface area contributed by atoms with Crippen molar-refractivity contribution in [1.29, 1.82) is 0 Å². The molecule has 0 aliphatic rings. The van der Waals surface area contributed by atoms with Gasteiger partial charge in [0.2, 0.25) is 0 Å². The van der Waals surface area contributed by atoms with Gasteiger partial charge in [-0.05, 0) is 52.7 Å². The van der Waals surface area contributed by atoms with E-state index in [2.05, 4.69) is 20.9 Å². The summed E-state index contributed by atoms with van der Waals surface area (Å²) in [5.41, 5.74) is 9.48. The van der Waals surface area contributed by atoms with Crippen LogP contribution in [-0.4, -0.2) is 9.38 Å². The fourth-order valence-corrected chi connectivity index (χ4v) is 3.21. The number of hydrogen-bond donors (Lipinski definition) is 1. The minimum atomic E-state index is 0.532. The van der Waals surface area contributed by atoms with Crippen LogP contribution in [0.25, 0.3) is 16.9 Å². The highest BCUT2D eigenvalue weighted by Gasteiger charge is 2.15. The van der Waals surface area contributed by atoms with E-state index < -0.39 is 0 Å². The Morgan fingerprint density at radius 1 is 1.25 bits per heavy atom. The molecule has 0 fully saturated rings. The van der Waals surface area contributed by atoms with Gasteiger partial charge < -0.3 is 5.73 Å². The molecule has 20 heavy (non-hydrogen) atoms. The minimum absolute atomic E-state index is 0.532. The number of rotatable bonds is 1. The smallest absolute Gasteiger partial charge is 0.142 e. The molecule has 0 spiro atoms. The number of halogens is 3. The molecule has 102 valence electrons. The second kappa shape index (κ2) is 4.95. The highest BCUT2D eigenvalue weighted by molar-refractivity contribution is 9.10. The van der Waals surface area contributed by atoms with Crippen LogP contribution >= 0.6 is 39.1 Å². The quantitative estimate of drug-likeness (QED) is 0.657. The Labute approximate surface area is 134 Å². The normalized spacial score (nSPS) is 11.2. The Bertz CT molecular complexity index is 827. The Kier molecular flexibility index (Phi) is 3.40. The van der Waals surface area contributed by atoms with E-state index in [0.717, 1.165) is 21.2 Å². The third kappa shape index (κ3) is 2.18. The zero-order valence-corrected chi connectivity index (χ0v) is 13.6. The molecule has 6 heteroatoms. The minimum Gasteiger partial charge on any atom is -0.383 e. The number of anilines is 1. The van der Waals surface area contributed by atoms with Gasteiger partial charge in [-0.2, -0.15) is 0 Å². The van der Waals surface area contributed by atoms with Crippen LogP contribution in [0.2, 0.25) is 10.0 Å². The molecule has 0 bridgehead atoms. The molecule has 0 amide bonds. The van der Waals surface area contributed by atoms with Gasteiger partial charge in [0, 0.05) is 21.3 Å². The molecule has 3 rings (SSSR count). The van der Waals surface area contributed by atoms with Gasteiger partial charge in [-0.3, -0.25) is 4.40 Å². The lowest BCUT2D eigenvalue weighted by Crippen LogP contribution is -1.95.